The van der Waals surface area contributed by atoms with Crippen LogP contribution in [0.25, 0.3) is 11.3 Å². The SMILES string of the molecule is CC(C)c1cccnc1-c1cccnc1. The van der Waals surface area contributed by atoms with E-state index in [2.05, 4.69) is 29.9 Å². The standard InChI is InChI=1S/C13H14N2/c1-10(2)12-6-4-8-15-13(12)11-5-3-7-14-9-11/h3-10H,1-2H3. The van der Waals surface area contributed by atoms with Gasteiger partial charge < -0.3 is 0 Å². The molecule has 0 radical (unpaired) electrons. The fourth-order valence-electron chi connectivity index (χ4n) is 1.63. The van der Waals surface area contributed by atoms with Gasteiger partial charge in [0.05, 0.1) is 5.69 Å². The molecule has 0 bridgehead atoms. The fraction of sp³-hybridized carbons (Fsp3) is 0.231. The van der Waals surface area contributed by atoms with Crippen LogP contribution >= 0.6 is 0 Å². The van der Waals surface area contributed by atoms with Crippen LogP contribution in [-0.2, 0) is 0 Å². The van der Waals surface area contributed by atoms with Crippen LogP contribution in [-0.4, -0.2) is 9.97 Å². The maximum absolute atomic E-state index is 4.43. The Morgan fingerprint density at radius 3 is 2.53 bits per heavy atom. The Balaban J connectivity index is 2.53. The lowest BCUT2D eigenvalue weighted by Gasteiger charge is -2.10. The first-order chi connectivity index (χ1) is 7.29. The first kappa shape index (κ1) is 9.84. The molecule has 0 spiro atoms. The van der Waals surface area contributed by atoms with E-state index in [1.165, 1.54) is 5.56 Å². The summed E-state index contributed by atoms with van der Waals surface area (Å²) in [6, 6.07) is 8.09. The van der Waals surface area contributed by atoms with Crippen LogP contribution in [0.5, 0.6) is 0 Å². The van der Waals surface area contributed by atoms with E-state index in [-0.39, 0.29) is 0 Å². The molecule has 0 amide bonds. The highest BCUT2D eigenvalue weighted by Gasteiger charge is 2.08. The maximum Gasteiger partial charge on any atom is 0.0751 e. The van der Waals surface area contributed by atoms with E-state index in [0.717, 1.165) is 11.3 Å². The Bertz CT molecular complexity index is 435. The zero-order valence-corrected chi connectivity index (χ0v) is 9.01. The molecular formula is C13H14N2. The van der Waals surface area contributed by atoms with Gasteiger partial charge in [0.1, 0.15) is 0 Å². The van der Waals surface area contributed by atoms with Gasteiger partial charge in [-0.15, -0.1) is 0 Å². The molecule has 15 heavy (non-hydrogen) atoms. The lowest BCUT2D eigenvalue weighted by atomic mass is 9.98. The van der Waals surface area contributed by atoms with Crippen molar-refractivity contribution in [1.82, 2.24) is 9.97 Å². The first-order valence-corrected chi connectivity index (χ1v) is 5.14. The van der Waals surface area contributed by atoms with Gasteiger partial charge in [-0.1, -0.05) is 19.9 Å². The topological polar surface area (TPSA) is 25.8 Å². The van der Waals surface area contributed by atoms with Crippen molar-refractivity contribution < 1.29 is 0 Å². The van der Waals surface area contributed by atoms with Crippen LogP contribution in [0, 0.1) is 0 Å². The Morgan fingerprint density at radius 1 is 1.07 bits per heavy atom. The normalized spacial score (nSPS) is 10.6. The Labute approximate surface area is 90.0 Å². The molecule has 0 saturated carbocycles. The summed E-state index contributed by atoms with van der Waals surface area (Å²) in [5.74, 6) is 0.480. The molecule has 0 atom stereocenters. The number of nitrogens with zero attached hydrogens (tertiary/aromatic N) is 2. The van der Waals surface area contributed by atoms with Gasteiger partial charge in [-0.3, -0.25) is 9.97 Å². The third-order valence-electron chi connectivity index (χ3n) is 2.40. The van der Waals surface area contributed by atoms with Gasteiger partial charge >= 0.3 is 0 Å². The van der Waals surface area contributed by atoms with E-state index >= 15 is 0 Å². The summed E-state index contributed by atoms with van der Waals surface area (Å²) in [6.45, 7) is 4.35. The molecule has 0 aliphatic rings. The molecule has 0 aliphatic heterocycles. The van der Waals surface area contributed by atoms with Crippen molar-refractivity contribution in [3.8, 4) is 11.3 Å². The lowest BCUT2D eigenvalue weighted by Crippen LogP contribution is -1.94. The summed E-state index contributed by atoms with van der Waals surface area (Å²) in [5.41, 5.74) is 3.40. The third-order valence-corrected chi connectivity index (χ3v) is 2.40. The van der Waals surface area contributed by atoms with Crippen molar-refractivity contribution in [1.29, 1.82) is 0 Å². The Morgan fingerprint density at radius 2 is 1.87 bits per heavy atom. The largest absolute Gasteiger partial charge is 0.264 e. The van der Waals surface area contributed by atoms with E-state index in [1.54, 1.807) is 6.20 Å². The van der Waals surface area contributed by atoms with E-state index in [1.807, 2.05) is 30.6 Å². The summed E-state index contributed by atoms with van der Waals surface area (Å²) in [5, 5.41) is 0. The average molecular weight is 198 g/mol. The van der Waals surface area contributed by atoms with Crippen molar-refractivity contribution in [3.63, 3.8) is 0 Å². The second-order valence-electron chi connectivity index (χ2n) is 3.84. The zero-order valence-electron chi connectivity index (χ0n) is 9.01. The highest BCUT2D eigenvalue weighted by Crippen LogP contribution is 2.25. The Kier molecular flexibility index (Phi) is 2.77. The summed E-state index contributed by atoms with van der Waals surface area (Å²) in [6.07, 6.45) is 5.46. The molecule has 2 nitrogen and oxygen atoms in total. The van der Waals surface area contributed by atoms with E-state index in [4.69, 9.17) is 0 Å². The van der Waals surface area contributed by atoms with Crippen LogP contribution in [0.4, 0.5) is 0 Å². The number of rotatable bonds is 2. The van der Waals surface area contributed by atoms with E-state index in [0.29, 0.717) is 5.92 Å². The summed E-state index contributed by atoms with van der Waals surface area (Å²) in [7, 11) is 0. The summed E-state index contributed by atoms with van der Waals surface area (Å²) < 4.78 is 0. The predicted molar refractivity (Wildman–Crippen MR) is 61.6 cm³/mol. The molecule has 0 saturated heterocycles. The molecule has 0 aliphatic carbocycles. The van der Waals surface area contributed by atoms with Crippen LogP contribution in [0.2, 0.25) is 0 Å². The highest BCUT2D eigenvalue weighted by atomic mass is 14.7. The fourth-order valence-corrected chi connectivity index (χ4v) is 1.63. The minimum Gasteiger partial charge on any atom is -0.264 e. The van der Waals surface area contributed by atoms with Gasteiger partial charge in [0.2, 0.25) is 0 Å². The second-order valence-corrected chi connectivity index (χ2v) is 3.84. The van der Waals surface area contributed by atoms with E-state index < -0.39 is 0 Å². The average Bonchev–Trinajstić information content (AvgIpc) is 2.30. The number of hydrogen-bond acceptors (Lipinski definition) is 2. The molecule has 0 fully saturated rings. The smallest absolute Gasteiger partial charge is 0.0751 e. The highest BCUT2D eigenvalue weighted by molar-refractivity contribution is 5.62. The van der Waals surface area contributed by atoms with Gasteiger partial charge in [-0.05, 0) is 29.7 Å². The molecule has 2 heteroatoms. The molecule has 0 unspecified atom stereocenters. The van der Waals surface area contributed by atoms with Crippen LogP contribution < -0.4 is 0 Å². The molecule has 0 N–H and O–H groups in total. The van der Waals surface area contributed by atoms with E-state index in [9.17, 15) is 0 Å². The Hall–Kier alpha value is -1.70. The molecule has 2 aromatic heterocycles. The van der Waals surface area contributed by atoms with Crippen LogP contribution in [0.15, 0.2) is 42.9 Å². The minimum atomic E-state index is 0.480. The van der Waals surface area contributed by atoms with Gasteiger partial charge in [-0.2, -0.15) is 0 Å². The summed E-state index contributed by atoms with van der Waals surface area (Å²) in [4.78, 5) is 8.55. The van der Waals surface area contributed by atoms with Gasteiger partial charge in [0.25, 0.3) is 0 Å². The molecule has 76 valence electrons. The first-order valence-electron chi connectivity index (χ1n) is 5.14. The number of hydrogen-bond donors (Lipinski definition) is 0. The van der Waals surface area contributed by atoms with Crippen molar-refractivity contribution in [2.75, 3.05) is 0 Å². The monoisotopic (exact) mass is 198 g/mol. The zero-order chi connectivity index (χ0) is 10.7. The van der Waals surface area contributed by atoms with Gasteiger partial charge in [-0.25, -0.2) is 0 Å². The second kappa shape index (κ2) is 4.22. The van der Waals surface area contributed by atoms with Crippen molar-refractivity contribution >= 4 is 0 Å². The number of pyridine rings is 2. The van der Waals surface area contributed by atoms with Crippen molar-refractivity contribution in [2.45, 2.75) is 19.8 Å². The molecule has 0 aromatic carbocycles. The minimum absolute atomic E-state index is 0.480. The van der Waals surface area contributed by atoms with Crippen molar-refractivity contribution in [3.05, 3.63) is 48.4 Å². The molecule has 2 heterocycles. The molecule has 2 aromatic rings. The van der Waals surface area contributed by atoms with Gasteiger partial charge in [0.15, 0.2) is 0 Å². The lowest BCUT2D eigenvalue weighted by molar-refractivity contribution is 0.861. The third kappa shape index (κ3) is 2.04. The predicted octanol–water partition coefficient (Wildman–Crippen LogP) is 3.27. The summed E-state index contributed by atoms with van der Waals surface area (Å²) >= 11 is 0. The van der Waals surface area contributed by atoms with Crippen LogP contribution in [0.1, 0.15) is 25.3 Å². The molecular weight excluding hydrogens is 184 g/mol. The van der Waals surface area contributed by atoms with Crippen LogP contribution in [0.3, 0.4) is 0 Å². The maximum atomic E-state index is 4.43. The molecule has 2 rings (SSSR count). The quantitative estimate of drug-likeness (QED) is 0.740. The number of aromatic nitrogens is 2. The van der Waals surface area contributed by atoms with Gasteiger partial charge in [0, 0.05) is 24.2 Å². The van der Waals surface area contributed by atoms with Crippen molar-refractivity contribution in [2.24, 2.45) is 0 Å².